The van der Waals surface area contributed by atoms with Crippen molar-refractivity contribution in [3.63, 3.8) is 0 Å². The Labute approximate surface area is 120 Å². The number of nitrogens with one attached hydrogen (secondary N) is 1. The summed E-state index contributed by atoms with van der Waals surface area (Å²) in [6.07, 6.45) is 3.40. The molecule has 0 bridgehead atoms. The molecule has 0 saturated carbocycles. The number of hydrogen-bond donors (Lipinski definition) is 2. The lowest BCUT2D eigenvalue weighted by molar-refractivity contribution is -0.121. The maximum Gasteiger partial charge on any atom is 0.284 e. The Bertz CT molecular complexity index is 780. The van der Waals surface area contributed by atoms with E-state index in [-0.39, 0.29) is 11.7 Å². The molecule has 1 spiro atoms. The standard InChI is InChI=1S/C15H13N3O3/c16-12(19)11-6-8-7-15(4-3-10(8)21-11)9-2-1-5-17-13(9)18-14(15)20/h1-2,5-6H,3-4,7H2,(H2,16,19)(H,17,18,20). The predicted octanol–water partition coefficient (Wildman–Crippen LogP) is 1.15. The van der Waals surface area contributed by atoms with E-state index < -0.39 is 11.3 Å². The fraction of sp³-hybridized carbons (Fsp3) is 0.267. The van der Waals surface area contributed by atoms with Crippen molar-refractivity contribution in [3.8, 4) is 0 Å². The van der Waals surface area contributed by atoms with Crippen molar-refractivity contribution < 1.29 is 14.0 Å². The van der Waals surface area contributed by atoms with Gasteiger partial charge >= 0.3 is 0 Å². The number of aryl methyl sites for hydroxylation is 1. The molecule has 3 heterocycles. The van der Waals surface area contributed by atoms with Crippen molar-refractivity contribution in [2.24, 2.45) is 5.73 Å². The average molecular weight is 283 g/mol. The minimum absolute atomic E-state index is 0.0383. The molecule has 2 aliphatic rings. The van der Waals surface area contributed by atoms with E-state index in [2.05, 4.69) is 10.3 Å². The van der Waals surface area contributed by atoms with Gasteiger partial charge in [-0.15, -0.1) is 0 Å². The normalized spacial score (nSPS) is 22.8. The first-order valence-corrected chi connectivity index (χ1v) is 6.78. The summed E-state index contributed by atoms with van der Waals surface area (Å²) in [6.45, 7) is 0. The second-order valence-corrected chi connectivity index (χ2v) is 5.54. The molecule has 6 nitrogen and oxygen atoms in total. The van der Waals surface area contributed by atoms with Gasteiger partial charge in [0.05, 0.1) is 5.41 Å². The summed E-state index contributed by atoms with van der Waals surface area (Å²) in [5.74, 6) is 0.908. The van der Waals surface area contributed by atoms with E-state index in [0.717, 1.165) is 16.9 Å². The number of aromatic nitrogens is 1. The molecular formula is C15H13N3O3. The lowest BCUT2D eigenvalue weighted by atomic mass is 9.70. The number of furan rings is 1. The third kappa shape index (κ3) is 1.55. The summed E-state index contributed by atoms with van der Waals surface area (Å²) in [5, 5.41) is 2.85. The van der Waals surface area contributed by atoms with Gasteiger partial charge < -0.3 is 15.5 Å². The second-order valence-electron chi connectivity index (χ2n) is 5.54. The summed E-state index contributed by atoms with van der Waals surface area (Å²) in [5.41, 5.74) is 6.43. The van der Waals surface area contributed by atoms with Crippen LogP contribution in [0.2, 0.25) is 0 Å². The quantitative estimate of drug-likeness (QED) is 0.820. The number of fused-ring (bicyclic) bond motifs is 3. The molecule has 2 amide bonds. The van der Waals surface area contributed by atoms with Crippen LogP contribution in [0, 0.1) is 0 Å². The van der Waals surface area contributed by atoms with Crippen LogP contribution in [0.1, 0.15) is 33.9 Å². The van der Waals surface area contributed by atoms with Crippen LogP contribution >= 0.6 is 0 Å². The highest BCUT2D eigenvalue weighted by atomic mass is 16.3. The van der Waals surface area contributed by atoms with E-state index in [1.165, 1.54) is 0 Å². The first kappa shape index (κ1) is 12.1. The Morgan fingerprint density at radius 1 is 1.48 bits per heavy atom. The van der Waals surface area contributed by atoms with Crippen LogP contribution in [0.15, 0.2) is 28.8 Å². The predicted molar refractivity (Wildman–Crippen MR) is 73.8 cm³/mol. The van der Waals surface area contributed by atoms with Gasteiger partial charge in [-0.25, -0.2) is 4.98 Å². The summed E-state index contributed by atoms with van der Waals surface area (Å²) in [6, 6.07) is 5.42. The Balaban J connectivity index is 1.81. The number of hydrogen-bond acceptors (Lipinski definition) is 4. The van der Waals surface area contributed by atoms with Crippen LogP contribution in [0.3, 0.4) is 0 Å². The monoisotopic (exact) mass is 283 g/mol. The average Bonchev–Trinajstić information content (AvgIpc) is 3.00. The molecule has 1 aliphatic carbocycles. The molecule has 0 aromatic carbocycles. The second kappa shape index (κ2) is 3.94. The summed E-state index contributed by atoms with van der Waals surface area (Å²) >= 11 is 0. The van der Waals surface area contributed by atoms with Gasteiger partial charge in [0.1, 0.15) is 11.6 Å². The first-order valence-electron chi connectivity index (χ1n) is 6.78. The van der Waals surface area contributed by atoms with Gasteiger partial charge in [0.15, 0.2) is 5.76 Å². The number of primary amides is 1. The number of anilines is 1. The van der Waals surface area contributed by atoms with Crippen molar-refractivity contribution in [1.29, 1.82) is 0 Å². The number of pyridine rings is 1. The van der Waals surface area contributed by atoms with Crippen molar-refractivity contribution in [2.45, 2.75) is 24.7 Å². The molecule has 0 saturated heterocycles. The van der Waals surface area contributed by atoms with Gasteiger partial charge in [-0.3, -0.25) is 9.59 Å². The highest BCUT2D eigenvalue weighted by Gasteiger charge is 2.49. The Morgan fingerprint density at radius 3 is 3.14 bits per heavy atom. The minimum Gasteiger partial charge on any atom is -0.456 e. The molecule has 3 N–H and O–H groups in total. The van der Waals surface area contributed by atoms with E-state index in [4.69, 9.17) is 10.2 Å². The van der Waals surface area contributed by atoms with E-state index in [0.29, 0.717) is 25.1 Å². The highest BCUT2D eigenvalue weighted by molar-refractivity contribution is 6.05. The number of carbonyl (C=O) groups excluding carboxylic acids is 2. The lowest BCUT2D eigenvalue weighted by Crippen LogP contribution is -2.39. The van der Waals surface area contributed by atoms with Gasteiger partial charge in [-0.1, -0.05) is 6.07 Å². The van der Waals surface area contributed by atoms with Gasteiger partial charge in [-0.2, -0.15) is 0 Å². The molecule has 1 unspecified atom stereocenters. The highest BCUT2D eigenvalue weighted by Crippen LogP contribution is 2.46. The Morgan fingerprint density at radius 2 is 2.33 bits per heavy atom. The van der Waals surface area contributed by atoms with Crippen molar-refractivity contribution in [2.75, 3.05) is 5.32 Å². The topological polar surface area (TPSA) is 98.2 Å². The van der Waals surface area contributed by atoms with Gasteiger partial charge in [-0.05, 0) is 30.5 Å². The van der Waals surface area contributed by atoms with Crippen LogP contribution in [-0.4, -0.2) is 16.8 Å². The fourth-order valence-electron chi connectivity index (χ4n) is 3.35. The number of carbonyl (C=O) groups is 2. The summed E-state index contributed by atoms with van der Waals surface area (Å²) < 4.78 is 5.47. The fourth-order valence-corrected chi connectivity index (χ4v) is 3.35. The molecule has 0 radical (unpaired) electrons. The molecule has 2 aromatic heterocycles. The SMILES string of the molecule is NC(=O)c1cc2c(o1)CCC1(C2)C(=O)Nc2ncccc21. The maximum atomic E-state index is 12.5. The van der Waals surface area contributed by atoms with Gasteiger partial charge in [0, 0.05) is 18.2 Å². The van der Waals surface area contributed by atoms with Crippen molar-refractivity contribution in [1.82, 2.24) is 4.98 Å². The molecule has 6 heteroatoms. The Hall–Kier alpha value is -2.63. The third-order valence-electron chi connectivity index (χ3n) is 4.40. The number of nitrogens with two attached hydrogens (primary N) is 1. The van der Waals surface area contributed by atoms with E-state index >= 15 is 0 Å². The van der Waals surface area contributed by atoms with E-state index in [1.54, 1.807) is 12.3 Å². The summed E-state index contributed by atoms with van der Waals surface area (Å²) in [7, 11) is 0. The molecule has 2 aromatic rings. The lowest BCUT2D eigenvalue weighted by Gasteiger charge is -2.30. The third-order valence-corrected chi connectivity index (χ3v) is 4.40. The minimum atomic E-state index is -0.616. The largest absolute Gasteiger partial charge is 0.456 e. The molecule has 1 aliphatic heterocycles. The molecule has 0 fully saturated rings. The van der Waals surface area contributed by atoms with Gasteiger partial charge in [0.2, 0.25) is 5.91 Å². The Kier molecular flexibility index (Phi) is 2.28. The van der Waals surface area contributed by atoms with Crippen LogP contribution in [-0.2, 0) is 23.1 Å². The zero-order valence-electron chi connectivity index (χ0n) is 11.2. The maximum absolute atomic E-state index is 12.5. The van der Waals surface area contributed by atoms with Crippen LogP contribution in [0.5, 0.6) is 0 Å². The number of amides is 2. The molecule has 21 heavy (non-hydrogen) atoms. The van der Waals surface area contributed by atoms with Crippen LogP contribution in [0.25, 0.3) is 0 Å². The molecular weight excluding hydrogens is 270 g/mol. The first-order chi connectivity index (χ1) is 10.1. The zero-order chi connectivity index (χ0) is 14.6. The van der Waals surface area contributed by atoms with Crippen molar-refractivity contribution >= 4 is 17.6 Å². The summed E-state index contributed by atoms with van der Waals surface area (Å²) in [4.78, 5) is 27.9. The number of rotatable bonds is 1. The number of nitrogens with zero attached hydrogens (tertiary/aromatic N) is 1. The molecule has 1 atom stereocenters. The van der Waals surface area contributed by atoms with E-state index in [9.17, 15) is 9.59 Å². The smallest absolute Gasteiger partial charge is 0.284 e. The van der Waals surface area contributed by atoms with Gasteiger partial charge in [0.25, 0.3) is 5.91 Å². The van der Waals surface area contributed by atoms with Crippen LogP contribution in [0.4, 0.5) is 5.82 Å². The molecule has 4 rings (SSSR count). The van der Waals surface area contributed by atoms with Crippen LogP contribution < -0.4 is 11.1 Å². The zero-order valence-corrected chi connectivity index (χ0v) is 11.2. The van der Waals surface area contributed by atoms with E-state index in [1.807, 2.05) is 12.1 Å². The molecule has 106 valence electrons. The van der Waals surface area contributed by atoms with Crippen molar-refractivity contribution in [3.05, 3.63) is 47.0 Å².